The van der Waals surface area contributed by atoms with Gasteiger partial charge in [0, 0.05) is 22.7 Å². The molecule has 0 aliphatic carbocycles. The molecule has 3 aromatic rings. The fourth-order valence-corrected chi connectivity index (χ4v) is 4.06. The summed E-state index contributed by atoms with van der Waals surface area (Å²) in [6.45, 7) is 0.328. The SMILES string of the molecule is C#CCN1C(=O)S/C(=C\c2cn(Cc3ccc(C(=O)OC)o3)c3ccccc23)C1=O. The van der Waals surface area contributed by atoms with Crippen molar-refractivity contribution in [3.8, 4) is 12.3 Å². The molecule has 0 bridgehead atoms. The number of furan rings is 1. The van der Waals surface area contributed by atoms with Crippen LogP contribution in [0.25, 0.3) is 17.0 Å². The fraction of sp³-hybridized carbons (Fsp3) is 0.136. The number of benzene rings is 1. The molecule has 1 saturated heterocycles. The molecule has 0 unspecified atom stereocenters. The van der Waals surface area contributed by atoms with E-state index in [0.717, 1.165) is 33.1 Å². The number of terminal acetylenes is 1. The zero-order chi connectivity index (χ0) is 21.3. The molecule has 0 radical (unpaired) electrons. The van der Waals surface area contributed by atoms with Gasteiger partial charge in [0.05, 0.1) is 25.1 Å². The lowest BCUT2D eigenvalue weighted by Gasteiger charge is -2.06. The van der Waals surface area contributed by atoms with E-state index in [9.17, 15) is 14.4 Å². The number of fused-ring (bicyclic) bond motifs is 1. The molecule has 2 aromatic heterocycles. The van der Waals surface area contributed by atoms with E-state index in [1.165, 1.54) is 7.11 Å². The molecule has 1 aliphatic rings. The Morgan fingerprint density at radius 1 is 1.27 bits per heavy atom. The van der Waals surface area contributed by atoms with Crippen molar-refractivity contribution in [1.29, 1.82) is 0 Å². The zero-order valence-corrected chi connectivity index (χ0v) is 16.8. The molecule has 0 saturated carbocycles. The van der Waals surface area contributed by atoms with Crippen molar-refractivity contribution >= 4 is 45.9 Å². The van der Waals surface area contributed by atoms with E-state index in [0.29, 0.717) is 17.2 Å². The summed E-state index contributed by atoms with van der Waals surface area (Å²) in [6.07, 6.45) is 8.82. The van der Waals surface area contributed by atoms with Crippen molar-refractivity contribution in [2.45, 2.75) is 6.54 Å². The van der Waals surface area contributed by atoms with Crippen LogP contribution in [-0.2, 0) is 16.1 Å². The molecule has 30 heavy (non-hydrogen) atoms. The van der Waals surface area contributed by atoms with Crippen LogP contribution in [0.15, 0.2) is 51.9 Å². The van der Waals surface area contributed by atoms with Crippen molar-refractivity contribution in [2.75, 3.05) is 13.7 Å². The smallest absolute Gasteiger partial charge is 0.373 e. The topological polar surface area (TPSA) is 81.8 Å². The summed E-state index contributed by atoms with van der Waals surface area (Å²) in [5.74, 6) is 2.10. The minimum absolute atomic E-state index is 0.0508. The quantitative estimate of drug-likeness (QED) is 0.355. The average molecular weight is 420 g/mol. The number of carbonyl (C=O) groups is 3. The largest absolute Gasteiger partial charge is 0.463 e. The minimum atomic E-state index is -0.540. The number of carbonyl (C=O) groups excluding carboxylic acids is 3. The van der Waals surface area contributed by atoms with E-state index in [1.807, 2.05) is 35.0 Å². The standard InChI is InChI=1S/C22H16N2O5S/c1-3-10-24-20(25)19(30-22(24)27)11-14-12-23(17-7-5-4-6-16(14)17)13-15-8-9-18(29-15)21(26)28-2/h1,4-9,11-12H,10,13H2,2H3/b19-11-. The molecule has 3 heterocycles. The molecule has 0 atom stereocenters. The van der Waals surface area contributed by atoms with Crippen LogP contribution in [0.4, 0.5) is 4.79 Å². The first-order valence-electron chi connectivity index (χ1n) is 8.95. The third-order valence-corrected chi connectivity index (χ3v) is 5.51. The average Bonchev–Trinajstić information content (AvgIpc) is 3.42. The first kappa shape index (κ1) is 19.6. The molecule has 2 amide bonds. The normalized spacial score (nSPS) is 15.2. The van der Waals surface area contributed by atoms with E-state index >= 15 is 0 Å². The number of esters is 1. The number of thioether (sulfide) groups is 1. The van der Waals surface area contributed by atoms with Crippen LogP contribution in [0.5, 0.6) is 0 Å². The minimum Gasteiger partial charge on any atom is -0.463 e. The van der Waals surface area contributed by atoms with Crippen LogP contribution < -0.4 is 0 Å². The lowest BCUT2D eigenvalue weighted by molar-refractivity contribution is -0.122. The summed E-state index contributed by atoms with van der Waals surface area (Å²) in [5.41, 5.74) is 1.71. The Labute approximate surface area is 176 Å². The lowest BCUT2D eigenvalue weighted by atomic mass is 10.1. The van der Waals surface area contributed by atoms with Crippen molar-refractivity contribution in [1.82, 2.24) is 9.47 Å². The van der Waals surface area contributed by atoms with E-state index in [2.05, 4.69) is 10.7 Å². The lowest BCUT2D eigenvalue weighted by Crippen LogP contribution is -2.28. The Kier molecular flexibility index (Phi) is 5.21. The van der Waals surface area contributed by atoms with E-state index in [-0.39, 0.29) is 17.5 Å². The van der Waals surface area contributed by atoms with Crippen molar-refractivity contribution < 1.29 is 23.5 Å². The maximum Gasteiger partial charge on any atom is 0.373 e. The van der Waals surface area contributed by atoms with Gasteiger partial charge < -0.3 is 13.7 Å². The van der Waals surface area contributed by atoms with Gasteiger partial charge in [0.25, 0.3) is 11.1 Å². The van der Waals surface area contributed by atoms with Crippen LogP contribution in [0, 0.1) is 12.3 Å². The van der Waals surface area contributed by atoms with Gasteiger partial charge in [-0.2, -0.15) is 0 Å². The third-order valence-electron chi connectivity index (χ3n) is 4.60. The summed E-state index contributed by atoms with van der Waals surface area (Å²) >= 11 is 0.871. The number of nitrogens with zero attached hydrogens (tertiary/aromatic N) is 2. The van der Waals surface area contributed by atoms with Gasteiger partial charge in [-0.3, -0.25) is 14.5 Å². The van der Waals surface area contributed by atoms with Crippen molar-refractivity contribution in [3.63, 3.8) is 0 Å². The Hall–Kier alpha value is -3.70. The highest BCUT2D eigenvalue weighted by molar-refractivity contribution is 8.18. The molecule has 0 spiro atoms. The molecular weight excluding hydrogens is 404 g/mol. The van der Waals surface area contributed by atoms with Crippen molar-refractivity contribution in [2.24, 2.45) is 0 Å². The van der Waals surface area contributed by atoms with Crippen LogP contribution in [0.2, 0.25) is 0 Å². The highest BCUT2D eigenvalue weighted by Crippen LogP contribution is 2.34. The van der Waals surface area contributed by atoms with Gasteiger partial charge in [0.15, 0.2) is 0 Å². The van der Waals surface area contributed by atoms with Gasteiger partial charge in [-0.05, 0) is 36.0 Å². The number of aromatic nitrogens is 1. The predicted octanol–water partition coefficient (Wildman–Crippen LogP) is 3.74. The van der Waals surface area contributed by atoms with E-state index < -0.39 is 11.9 Å². The number of para-hydroxylation sites is 1. The molecule has 1 aliphatic heterocycles. The Balaban J connectivity index is 1.69. The van der Waals surface area contributed by atoms with Gasteiger partial charge >= 0.3 is 5.97 Å². The molecule has 1 aromatic carbocycles. The summed E-state index contributed by atoms with van der Waals surface area (Å²) in [4.78, 5) is 37.5. The van der Waals surface area contributed by atoms with Crippen LogP contribution in [0.1, 0.15) is 21.9 Å². The molecule has 8 heteroatoms. The Morgan fingerprint density at radius 2 is 2.07 bits per heavy atom. The number of rotatable bonds is 5. The number of methoxy groups -OCH3 is 1. The highest BCUT2D eigenvalue weighted by atomic mass is 32.2. The zero-order valence-electron chi connectivity index (χ0n) is 16.0. The second-order valence-corrected chi connectivity index (χ2v) is 7.45. The first-order valence-corrected chi connectivity index (χ1v) is 9.77. The monoisotopic (exact) mass is 420 g/mol. The van der Waals surface area contributed by atoms with Gasteiger partial charge in [-0.1, -0.05) is 24.1 Å². The Bertz CT molecular complexity index is 1240. The highest BCUT2D eigenvalue weighted by Gasteiger charge is 2.34. The van der Waals surface area contributed by atoms with Crippen LogP contribution >= 0.6 is 11.8 Å². The van der Waals surface area contributed by atoms with Crippen molar-refractivity contribution in [3.05, 3.63) is 64.6 Å². The summed E-state index contributed by atoms with van der Waals surface area (Å²) in [6, 6.07) is 11.0. The third kappa shape index (κ3) is 3.51. The molecule has 0 N–H and O–H groups in total. The molecular formula is C22H16N2O5S. The summed E-state index contributed by atoms with van der Waals surface area (Å²) in [5, 5.41) is 0.542. The van der Waals surface area contributed by atoms with Crippen LogP contribution in [-0.4, -0.2) is 40.2 Å². The Morgan fingerprint density at radius 3 is 2.83 bits per heavy atom. The maximum atomic E-state index is 12.5. The number of amides is 2. The first-order chi connectivity index (χ1) is 14.5. The van der Waals surface area contributed by atoms with Gasteiger partial charge in [0.2, 0.25) is 5.76 Å². The van der Waals surface area contributed by atoms with E-state index in [4.69, 9.17) is 10.8 Å². The molecule has 1 fully saturated rings. The second-order valence-electron chi connectivity index (χ2n) is 6.46. The van der Waals surface area contributed by atoms with Gasteiger partial charge in [-0.25, -0.2) is 4.79 Å². The fourth-order valence-electron chi connectivity index (χ4n) is 3.23. The molecule has 7 nitrogen and oxygen atoms in total. The maximum absolute atomic E-state index is 12.5. The number of hydrogen-bond donors (Lipinski definition) is 0. The summed E-state index contributed by atoms with van der Waals surface area (Å²) in [7, 11) is 1.29. The van der Waals surface area contributed by atoms with Crippen LogP contribution in [0.3, 0.4) is 0 Å². The number of imide groups is 1. The van der Waals surface area contributed by atoms with Gasteiger partial charge in [0.1, 0.15) is 5.76 Å². The predicted molar refractivity (Wildman–Crippen MR) is 113 cm³/mol. The van der Waals surface area contributed by atoms with E-state index in [1.54, 1.807) is 18.2 Å². The number of hydrogen-bond acceptors (Lipinski definition) is 6. The summed E-state index contributed by atoms with van der Waals surface area (Å²) < 4.78 is 12.2. The number of ether oxygens (including phenoxy) is 1. The van der Waals surface area contributed by atoms with Gasteiger partial charge in [-0.15, -0.1) is 6.42 Å². The second kappa shape index (κ2) is 7.97. The molecule has 150 valence electrons. The molecule has 4 rings (SSSR count).